The van der Waals surface area contributed by atoms with Crippen molar-refractivity contribution in [1.82, 2.24) is 5.32 Å². The predicted molar refractivity (Wildman–Crippen MR) is 69.0 cm³/mol. The zero-order valence-electron chi connectivity index (χ0n) is 10.3. The van der Waals surface area contributed by atoms with Gasteiger partial charge in [0.15, 0.2) is 9.84 Å². The van der Waals surface area contributed by atoms with Crippen LogP contribution in [-0.2, 0) is 9.84 Å². The minimum Gasteiger partial charge on any atom is -0.315 e. The van der Waals surface area contributed by atoms with Crippen molar-refractivity contribution in [2.24, 2.45) is 0 Å². The third-order valence-electron chi connectivity index (χ3n) is 3.16. The van der Waals surface area contributed by atoms with Crippen molar-refractivity contribution in [3.8, 4) is 0 Å². The van der Waals surface area contributed by atoms with Crippen molar-refractivity contribution in [1.29, 1.82) is 0 Å². The monoisotopic (exact) mass is 253 g/mol. The highest BCUT2D eigenvalue weighted by Gasteiger charge is 2.33. The van der Waals surface area contributed by atoms with Gasteiger partial charge in [-0.3, -0.25) is 0 Å². The van der Waals surface area contributed by atoms with E-state index in [0.717, 1.165) is 18.5 Å². The highest BCUT2D eigenvalue weighted by atomic mass is 32.2. The van der Waals surface area contributed by atoms with E-state index in [1.165, 1.54) is 0 Å². The summed E-state index contributed by atoms with van der Waals surface area (Å²) in [4.78, 5) is 0.537. The molecular formula is C13H19NO2S. The average Bonchev–Trinajstić information content (AvgIpc) is 2.51. The van der Waals surface area contributed by atoms with Gasteiger partial charge in [0.05, 0.1) is 10.6 Å². The Bertz CT molecular complexity index is 494. The minimum absolute atomic E-state index is 0.155. The summed E-state index contributed by atoms with van der Waals surface area (Å²) in [5, 5.41) is 3.34. The molecule has 1 aromatic carbocycles. The summed E-state index contributed by atoms with van der Waals surface area (Å²) in [7, 11) is -3.03. The molecule has 0 fully saturated rings. The second-order valence-corrected chi connectivity index (χ2v) is 6.92. The van der Waals surface area contributed by atoms with Gasteiger partial charge in [0, 0.05) is 12.0 Å². The van der Waals surface area contributed by atoms with E-state index in [1.807, 2.05) is 12.1 Å². The summed E-state index contributed by atoms with van der Waals surface area (Å²) >= 11 is 0. The Morgan fingerprint density at radius 3 is 2.76 bits per heavy atom. The standard InChI is InChI=1S/C13H19NO2S/c1-10(2)14-8-7-11-9-17(15,16)13-6-4-3-5-12(11)13/h3-6,10-11,14H,7-9H2,1-2H3. The smallest absolute Gasteiger partial charge is 0.179 e. The highest BCUT2D eigenvalue weighted by molar-refractivity contribution is 7.91. The molecule has 0 saturated carbocycles. The fourth-order valence-electron chi connectivity index (χ4n) is 2.33. The van der Waals surface area contributed by atoms with Gasteiger partial charge in [0.1, 0.15) is 0 Å². The Balaban J connectivity index is 2.13. The summed E-state index contributed by atoms with van der Waals surface area (Å²) in [5.74, 6) is 0.425. The molecule has 1 unspecified atom stereocenters. The molecule has 1 aromatic rings. The third-order valence-corrected chi connectivity index (χ3v) is 5.04. The number of nitrogens with one attached hydrogen (secondary N) is 1. The van der Waals surface area contributed by atoms with Crippen molar-refractivity contribution in [2.75, 3.05) is 12.3 Å². The van der Waals surface area contributed by atoms with Crippen LogP contribution in [-0.4, -0.2) is 26.8 Å². The van der Waals surface area contributed by atoms with E-state index in [4.69, 9.17) is 0 Å². The van der Waals surface area contributed by atoms with Gasteiger partial charge in [-0.1, -0.05) is 32.0 Å². The first-order valence-corrected chi connectivity index (χ1v) is 7.71. The first-order chi connectivity index (χ1) is 8.00. The lowest BCUT2D eigenvalue weighted by Crippen LogP contribution is -2.25. The maximum Gasteiger partial charge on any atom is 0.179 e. The fourth-order valence-corrected chi connectivity index (χ4v) is 4.27. The number of fused-ring (bicyclic) bond motifs is 1. The molecule has 2 rings (SSSR count). The minimum atomic E-state index is -3.03. The van der Waals surface area contributed by atoms with Gasteiger partial charge in [-0.05, 0) is 24.6 Å². The Morgan fingerprint density at radius 2 is 2.06 bits per heavy atom. The highest BCUT2D eigenvalue weighted by Crippen LogP contribution is 2.36. The number of sulfone groups is 1. The summed E-state index contributed by atoms with van der Waals surface area (Å²) in [6, 6.07) is 7.83. The van der Waals surface area contributed by atoms with Crippen LogP contribution in [0.5, 0.6) is 0 Å². The lowest BCUT2D eigenvalue weighted by atomic mass is 9.98. The first-order valence-electron chi connectivity index (χ1n) is 6.06. The molecule has 0 radical (unpaired) electrons. The van der Waals surface area contributed by atoms with Crippen LogP contribution in [0.4, 0.5) is 0 Å². The molecule has 0 spiro atoms. The molecule has 0 aliphatic carbocycles. The van der Waals surface area contributed by atoms with Crippen LogP contribution in [0.1, 0.15) is 31.7 Å². The Kier molecular flexibility index (Phi) is 3.54. The zero-order valence-corrected chi connectivity index (χ0v) is 11.1. The zero-order chi connectivity index (χ0) is 12.5. The Morgan fingerprint density at radius 1 is 1.35 bits per heavy atom. The van der Waals surface area contributed by atoms with Crippen LogP contribution in [0.3, 0.4) is 0 Å². The molecule has 4 heteroatoms. The molecule has 1 heterocycles. The van der Waals surface area contributed by atoms with Gasteiger partial charge in [0.25, 0.3) is 0 Å². The molecule has 94 valence electrons. The summed E-state index contributed by atoms with van der Waals surface area (Å²) in [5.41, 5.74) is 0.998. The molecule has 0 saturated heterocycles. The maximum atomic E-state index is 11.9. The number of benzene rings is 1. The predicted octanol–water partition coefficient (Wildman–Crippen LogP) is 1.95. The Hall–Kier alpha value is -0.870. The van der Waals surface area contributed by atoms with E-state index >= 15 is 0 Å². The number of hydrogen-bond donors (Lipinski definition) is 1. The van der Waals surface area contributed by atoms with Crippen LogP contribution in [0, 0.1) is 0 Å². The lowest BCUT2D eigenvalue weighted by molar-refractivity contribution is 0.541. The molecular weight excluding hydrogens is 234 g/mol. The van der Waals surface area contributed by atoms with Crippen LogP contribution in [0.25, 0.3) is 0 Å². The molecule has 0 amide bonds. The van der Waals surface area contributed by atoms with Crippen LogP contribution in [0.2, 0.25) is 0 Å². The average molecular weight is 253 g/mol. The lowest BCUT2D eigenvalue weighted by Gasteiger charge is -2.12. The van der Waals surface area contributed by atoms with Gasteiger partial charge in [0.2, 0.25) is 0 Å². The molecule has 0 aromatic heterocycles. The summed E-state index contributed by atoms with van der Waals surface area (Å²) in [6.45, 7) is 5.06. The van der Waals surface area contributed by atoms with Gasteiger partial charge in [-0.25, -0.2) is 8.42 Å². The molecule has 17 heavy (non-hydrogen) atoms. The normalized spacial score (nSPS) is 21.7. The van der Waals surface area contributed by atoms with Gasteiger partial charge >= 0.3 is 0 Å². The second kappa shape index (κ2) is 4.78. The SMILES string of the molecule is CC(C)NCCC1CS(=O)(=O)c2ccccc21. The van der Waals surface area contributed by atoms with Crippen LogP contribution >= 0.6 is 0 Å². The van der Waals surface area contributed by atoms with E-state index in [0.29, 0.717) is 10.9 Å². The van der Waals surface area contributed by atoms with Crippen molar-refractivity contribution in [3.63, 3.8) is 0 Å². The van der Waals surface area contributed by atoms with E-state index in [9.17, 15) is 8.42 Å². The molecule has 1 aliphatic rings. The maximum absolute atomic E-state index is 11.9. The van der Waals surface area contributed by atoms with E-state index in [2.05, 4.69) is 19.2 Å². The van der Waals surface area contributed by atoms with E-state index in [-0.39, 0.29) is 11.7 Å². The quantitative estimate of drug-likeness (QED) is 0.892. The Labute approximate surface area is 103 Å². The van der Waals surface area contributed by atoms with Crippen molar-refractivity contribution >= 4 is 9.84 Å². The van der Waals surface area contributed by atoms with E-state index < -0.39 is 9.84 Å². The van der Waals surface area contributed by atoms with Crippen molar-refractivity contribution < 1.29 is 8.42 Å². The van der Waals surface area contributed by atoms with Gasteiger partial charge in [-0.2, -0.15) is 0 Å². The van der Waals surface area contributed by atoms with Crippen molar-refractivity contribution in [3.05, 3.63) is 29.8 Å². The molecule has 0 bridgehead atoms. The number of hydrogen-bond acceptors (Lipinski definition) is 3. The van der Waals surface area contributed by atoms with Gasteiger partial charge < -0.3 is 5.32 Å². The molecule has 1 aliphatic heterocycles. The molecule has 3 nitrogen and oxygen atoms in total. The van der Waals surface area contributed by atoms with Crippen molar-refractivity contribution in [2.45, 2.75) is 37.1 Å². The third kappa shape index (κ3) is 2.69. The molecule has 1 N–H and O–H groups in total. The van der Waals surface area contributed by atoms with Gasteiger partial charge in [-0.15, -0.1) is 0 Å². The fraction of sp³-hybridized carbons (Fsp3) is 0.538. The van der Waals surface area contributed by atoms with Crippen LogP contribution in [0.15, 0.2) is 29.2 Å². The number of rotatable bonds is 4. The summed E-state index contributed by atoms with van der Waals surface area (Å²) < 4.78 is 23.9. The first kappa shape index (κ1) is 12.6. The van der Waals surface area contributed by atoms with E-state index in [1.54, 1.807) is 12.1 Å². The topological polar surface area (TPSA) is 46.2 Å². The summed E-state index contributed by atoms with van der Waals surface area (Å²) in [6.07, 6.45) is 0.883. The molecule has 1 atom stereocenters. The largest absolute Gasteiger partial charge is 0.315 e. The second-order valence-electron chi connectivity index (χ2n) is 4.91. The van der Waals surface area contributed by atoms with Crippen LogP contribution < -0.4 is 5.32 Å².